The molecule has 8 nitrogen and oxygen atoms in total. The summed E-state index contributed by atoms with van der Waals surface area (Å²) in [5.74, 6) is 0. The Bertz CT molecular complexity index is 1280. The number of aromatic nitrogens is 4. The summed E-state index contributed by atoms with van der Waals surface area (Å²) in [7, 11) is 1.76. The van der Waals surface area contributed by atoms with Crippen molar-refractivity contribution in [2.24, 2.45) is 7.05 Å². The minimum Gasteiger partial charge on any atom is -0.364 e. The van der Waals surface area contributed by atoms with Gasteiger partial charge in [-0.3, -0.25) is 19.4 Å². The van der Waals surface area contributed by atoms with E-state index >= 15 is 0 Å². The lowest BCUT2D eigenvalue weighted by Crippen LogP contribution is -2.59. The molecule has 1 aliphatic rings. The number of anilines is 1. The molecule has 4 heterocycles. The van der Waals surface area contributed by atoms with Gasteiger partial charge < -0.3 is 9.47 Å². The maximum absolute atomic E-state index is 12.8. The first-order valence-electron chi connectivity index (χ1n) is 12.2. The van der Waals surface area contributed by atoms with Crippen molar-refractivity contribution >= 4 is 16.7 Å². The van der Waals surface area contributed by atoms with Crippen LogP contribution >= 0.6 is 0 Å². The zero-order valence-corrected chi connectivity index (χ0v) is 21.1. The van der Waals surface area contributed by atoms with Crippen molar-refractivity contribution in [3.63, 3.8) is 0 Å². The summed E-state index contributed by atoms with van der Waals surface area (Å²) in [5, 5.41) is 13.8. The number of hydrogen-bond acceptors (Lipinski definition) is 6. The van der Waals surface area contributed by atoms with Crippen LogP contribution in [0.3, 0.4) is 0 Å². The maximum Gasteiger partial charge on any atom is 0.252 e. The summed E-state index contributed by atoms with van der Waals surface area (Å²) in [5.41, 5.74) is 5.76. The van der Waals surface area contributed by atoms with Crippen LogP contribution < -0.4 is 10.5 Å². The number of pyridine rings is 2. The summed E-state index contributed by atoms with van der Waals surface area (Å²) in [4.78, 5) is 22.7. The molecule has 3 aromatic rings. The van der Waals surface area contributed by atoms with Crippen molar-refractivity contribution < 1.29 is 0 Å². The molecule has 34 heavy (non-hydrogen) atoms. The fraction of sp³-hybridized carbons (Fsp3) is 0.538. The highest BCUT2D eigenvalue weighted by molar-refractivity contribution is 5.88. The molecule has 8 heteroatoms. The fourth-order valence-corrected chi connectivity index (χ4v) is 5.12. The number of aryl methyl sites for hydroxylation is 3. The summed E-state index contributed by atoms with van der Waals surface area (Å²) in [6.45, 7) is 12.7. The van der Waals surface area contributed by atoms with Gasteiger partial charge in [0, 0.05) is 50.0 Å². The van der Waals surface area contributed by atoms with Gasteiger partial charge in [0.25, 0.3) is 5.56 Å². The average molecular weight is 462 g/mol. The number of piperazine rings is 1. The Morgan fingerprint density at radius 2 is 1.91 bits per heavy atom. The van der Waals surface area contributed by atoms with Crippen molar-refractivity contribution in [2.45, 2.75) is 72.1 Å². The smallest absolute Gasteiger partial charge is 0.252 e. The third kappa shape index (κ3) is 4.21. The first-order valence-corrected chi connectivity index (χ1v) is 12.2. The van der Waals surface area contributed by atoms with Gasteiger partial charge >= 0.3 is 0 Å². The van der Waals surface area contributed by atoms with Gasteiger partial charge in [0.1, 0.15) is 12.1 Å². The van der Waals surface area contributed by atoms with Crippen molar-refractivity contribution in [1.29, 1.82) is 5.26 Å². The molecule has 0 saturated carbocycles. The maximum atomic E-state index is 12.8. The lowest BCUT2D eigenvalue weighted by molar-refractivity contribution is 0.0991. The van der Waals surface area contributed by atoms with Crippen molar-refractivity contribution in [3.8, 4) is 6.07 Å². The molecule has 0 aliphatic carbocycles. The Morgan fingerprint density at radius 1 is 1.18 bits per heavy atom. The van der Waals surface area contributed by atoms with Crippen LogP contribution in [0.1, 0.15) is 56.6 Å². The van der Waals surface area contributed by atoms with Gasteiger partial charge in [-0.1, -0.05) is 19.9 Å². The Labute approximate surface area is 201 Å². The molecular formula is C26H35N7O. The molecule has 0 unspecified atom stereocenters. The lowest BCUT2D eigenvalue weighted by atomic mass is 9.98. The molecule has 0 bridgehead atoms. The average Bonchev–Trinajstić information content (AvgIpc) is 3.26. The third-order valence-corrected chi connectivity index (χ3v) is 7.46. The second kappa shape index (κ2) is 9.59. The summed E-state index contributed by atoms with van der Waals surface area (Å²) in [6.07, 6.45) is 3.75. The van der Waals surface area contributed by atoms with Gasteiger partial charge in [-0.15, -0.1) is 0 Å². The Hall–Kier alpha value is -3.18. The van der Waals surface area contributed by atoms with E-state index in [9.17, 15) is 4.79 Å². The molecule has 1 saturated heterocycles. The molecule has 3 aromatic heterocycles. The van der Waals surface area contributed by atoms with Crippen LogP contribution in [0.4, 0.5) is 5.69 Å². The number of rotatable bonds is 6. The quantitative estimate of drug-likeness (QED) is 0.557. The van der Waals surface area contributed by atoms with Gasteiger partial charge in [0.15, 0.2) is 0 Å². The largest absolute Gasteiger partial charge is 0.364 e. The van der Waals surface area contributed by atoms with Crippen LogP contribution in [0.2, 0.25) is 0 Å². The van der Waals surface area contributed by atoms with Crippen molar-refractivity contribution in [2.75, 3.05) is 18.0 Å². The molecule has 3 atom stereocenters. The molecule has 4 rings (SSSR count). The van der Waals surface area contributed by atoms with E-state index in [-0.39, 0.29) is 24.2 Å². The second-order valence-electron chi connectivity index (χ2n) is 9.43. The molecular weight excluding hydrogens is 426 g/mol. The molecule has 0 amide bonds. The highest BCUT2D eigenvalue weighted by Crippen LogP contribution is 2.34. The van der Waals surface area contributed by atoms with Crippen LogP contribution in [-0.2, 0) is 13.6 Å². The van der Waals surface area contributed by atoms with Gasteiger partial charge in [-0.25, -0.2) is 0 Å². The number of nitrogens with zero attached hydrogens (tertiary/aromatic N) is 7. The van der Waals surface area contributed by atoms with Gasteiger partial charge in [0.2, 0.25) is 0 Å². The molecule has 1 aliphatic heterocycles. The first kappa shape index (κ1) is 24.0. The van der Waals surface area contributed by atoms with E-state index in [1.165, 1.54) is 5.56 Å². The molecule has 0 radical (unpaired) electrons. The van der Waals surface area contributed by atoms with Crippen LogP contribution in [0.25, 0.3) is 11.0 Å². The predicted molar refractivity (Wildman–Crippen MR) is 135 cm³/mol. The Morgan fingerprint density at radius 3 is 2.56 bits per heavy atom. The van der Waals surface area contributed by atoms with Crippen molar-refractivity contribution in [3.05, 3.63) is 51.7 Å². The third-order valence-electron chi connectivity index (χ3n) is 7.46. The van der Waals surface area contributed by atoms with E-state index in [0.29, 0.717) is 6.04 Å². The topological polar surface area (TPSA) is 83.0 Å². The van der Waals surface area contributed by atoms with E-state index in [1.807, 2.05) is 0 Å². The summed E-state index contributed by atoms with van der Waals surface area (Å²) in [6, 6.07) is 8.94. The molecule has 0 N–H and O–H groups in total. The molecule has 0 spiro atoms. The van der Waals surface area contributed by atoms with Crippen LogP contribution in [0.15, 0.2) is 29.2 Å². The van der Waals surface area contributed by atoms with Crippen LogP contribution in [0, 0.1) is 25.2 Å². The highest BCUT2D eigenvalue weighted by atomic mass is 16.1. The number of fused-ring (bicyclic) bond motifs is 1. The number of hydrogen-bond donors (Lipinski definition) is 0. The van der Waals surface area contributed by atoms with Crippen LogP contribution in [-0.4, -0.2) is 49.4 Å². The molecule has 1 fully saturated rings. The fourth-order valence-electron chi connectivity index (χ4n) is 5.12. The lowest BCUT2D eigenvalue weighted by Gasteiger charge is -2.49. The zero-order chi connectivity index (χ0) is 24.6. The van der Waals surface area contributed by atoms with E-state index in [2.05, 4.69) is 67.7 Å². The minimum absolute atomic E-state index is 0.0583. The SMILES string of the molecule is CC[C@H]1CN([C@@H](C)c2ccc(C)c(C)n2)[C@H](CC)CN1c1cc(=O)n(C)c2cn(CC#N)nc12. The van der Waals surface area contributed by atoms with E-state index in [0.717, 1.165) is 54.0 Å². The second-order valence-corrected chi connectivity index (χ2v) is 9.43. The van der Waals surface area contributed by atoms with Crippen LogP contribution in [0.5, 0.6) is 0 Å². The van der Waals surface area contributed by atoms with Gasteiger partial charge in [0.05, 0.1) is 29.2 Å². The summed E-state index contributed by atoms with van der Waals surface area (Å²) >= 11 is 0. The van der Waals surface area contributed by atoms with E-state index in [1.54, 1.807) is 28.6 Å². The standard InChI is InChI=1S/C26H35N7O/c1-7-20-15-33(23-13-25(34)30(6)24-16-31(12-11-27)29-26(23)24)21(8-2)14-32(20)19(5)22-10-9-17(3)18(4)28-22/h9-10,13,16,19-21H,7-8,12,14-15H2,1-6H3/t19-,20+,21-/m0/s1. The highest BCUT2D eigenvalue weighted by Gasteiger charge is 2.36. The van der Waals surface area contributed by atoms with E-state index in [4.69, 9.17) is 10.2 Å². The van der Waals surface area contributed by atoms with Crippen molar-refractivity contribution in [1.82, 2.24) is 24.2 Å². The normalized spacial score (nSPS) is 20.0. The summed E-state index contributed by atoms with van der Waals surface area (Å²) < 4.78 is 3.23. The predicted octanol–water partition coefficient (Wildman–Crippen LogP) is 3.71. The zero-order valence-electron chi connectivity index (χ0n) is 21.1. The Balaban J connectivity index is 1.72. The Kier molecular flexibility index (Phi) is 6.76. The first-order chi connectivity index (χ1) is 16.3. The van der Waals surface area contributed by atoms with E-state index < -0.39 is 0 Å². The monoisotopic (exact) mass is 461 g/mol. The number of nitriles is 1. The van der Waals surface area contributed by atoms with Gasteiger partial charge in [-0.05, 0) is 45.2 Å². The molecule has 0 aromatic carbocycles. The minimum atomic E-state index is -0.0583. The van der Waals surface area contributed by atoms with Gasteiger partial charge in [-0.2, -0.15) is 10.4 Å². The molecule has 180 valence electrons.